The number of rotatable bonds is 3. The molecule has 4 heteroatoms. The van der Waals surface area contributed by atoms with Crippen molar-refractivity contribution in [2.75, 3.05) is 13.1 Å². The number of aliphatic hydroxyl groups excluding tert-OH is 1. The van der Waals surface area contributed by atoms with Crippen molar-refractivity contribution in [2.45, 2.75) is 40.2 Å². The number of nitrogens with zero attached hydrogens (tertiary/aromatic N) is 2. The van der Waals surface area contributed by atoms with E-state index in [-0.39, 0.29) is 28.6 Å². The Hall–Kier alpha value is -1.94. The molecule has 0 spiro atoms. The van der Waals surface area contributed by atoms with E-state index in [0.29, 0.717) is 13.1 Å². The van der Waals surface area contributed by atoms with Crippen LogP contribution in [-0.2, 0) is 11.2 Å². The monoisotopic (exact) mass is 352 g/mol. The van der Waals surface area contributed by atoms with Gasteiger partial charge in [-0.3, -0.25) is 9.78 Å². The van der Waals surface area contributed by atoms with Crippen LogP contribution in [0.5, 0.6) is 0 Å². The first kappa shape index (κ1) is 17.5. The van der Waals surface area contributed by atoms with Gasteiger partial charge in [0.05, 0.1) is 11.6 Å². The van der Waals surface area contributed by atoms with Crippen molar-refractivity contribution in [1.29, 1.82) is 0 Å². The second kappa shape index (κ2) is 5.78. The number of aliphatic hydroxyl groups is 1. The number of carbonyl (C=O) groups is 1. The lowest BCUT2D eigenvalue weighted by atomic mass is 9.94. The minimum atomic E-state index is -0.462. The van der Waals surface area contributed by atoms with Gasteiger partial charge in [-0.05, 0) is 34.9 Å². The molecule has 1 N–H and O–H groups in total. The van der Waals surface area contributed by atoms with E-state index in [1.165, 1.54) is 5.56 Å². The minimum absolute atomic E-state index is 0.0361. The second-order valence-electron chi connectivity index (χ2n) is 9.14. The molecule has 1 aliphatic heterocycles. The van der Waals surface area contributed by atoms with Crippen molar-refractivity contribution in [3.63, 3.8) is 0 Å². The number of likely N-dealkylation sites (tertiary alicyclic amines) is 1. The number of carbonyl (C=O) groups excluding carboxylic acids is 1. The van der Waals surface area contributed by atoms with E-state index in [1.54, 1.807) is 0 Å². The summed E-state index contributed by atoms with van der Waals surface area (Å²) in [7, 11) is 0. The van der Waals surface area contributed by atoms with Gasteiger partial charge >= 0.3 is 0 Å². The summed E-state index contributed by atoms with van der Waals surface area (Å²) >= 11 is 0. The van der Waals surface area contributed by atoms with Crippen LogP contribution in [0.3, 0.4) is 0 Å². The summed E-state index contributed by atoms with van der Waals surface area (Å²) < 4.78 is 0. The third-order valence-electron chi connectivity index (χ3n) is 7.21. The highest BCUT2D eigenvalue weighted by Gasteiger charge is 2.69. The molecule has 2 aromatic rings. The Labute approximate surface area is 155 Å². The molecule has 2 fully saturated rings. The topological polar surface area (TPSA) is 53.4 Å². The molecule has 2 atom stereocenters. The molecule has 138 valence electrons. The van der Waals surface area contributed by atoms with Gasteiger partial charge in [-0.15, -0.1) is 0 Å². The summed E-state index contributed by atoms with van der Waals surface area (Å²) in [6.07, 6.45) is 2.14. The van der Waals surface area contributed by atoms with Gasteiger partial charge in [0, 0.05) is 36.5 Å². The van der Waals surface area contributed by atoms with Crippen molar-refractivity contribution >= 4 is 16.8 Å². The molecule has 1 saturated heterocycles. The van der Waals surface area contributed by atoms with Gasteiger partial charge < -0.3 is 10.0 Å². The number of benzene rings is 1. The van der Waals surface area contributed by atoms with Gasteiger partial charge in [-0.2, -0.15) is 0 Å². The minimum Gasteiger partial charge on any atom is -0.391 e. The van der Waals surface area contributed by atoms with Gasteiger partial charge in [-0.1, -0.05) is 45.9 Å². The van der Waals surface area contributed by atoms with Gasteiger partial charge in [0.2, 0.25) is 5.91 Å². The molecule has 0 unspecified atom stereocenters. The van der Waals surface area contributed by atoms with Crippen molar-refractivity contribution in [2.24, 2.45) is 22.7 Å². The maximum Gasteiger partial charge on any atom is 0.226 e. The Morgan fingerprint density at radius 2 is 1.85 bits per heavy atom. The Bertz CT molecular complexity index is 839. The first-order chi connectivity index (χ1) is 12.2. The molecule has 1 amide bonds. The van der Waals surface area contributed by atoms with Gasteiger partial charge in [0.1, 0.15) is 0 Å². The number of fused-ring (bicyclic) bond motifs is 1. The molecule has 1 aromatic carbocycles. The molecule has 1 aliphatic carbocycles. The Morgan fingerprint density at radius 3 is 2.54 bits per heavy atom. The Balaban J connectivity index is 1.50. The molecule has 2 heterocycles. The van der Waals surface area contributed by atoms with Crippen LogP contribution in [-0.4, -0.2) is 40.1 Å². The van der Waals surface area contributed by atoms with Crippen molar-refractivity contribution < 1.29 is 9.90 Å². The number of amides is 1. The zero-order valence-electron chi connectivity index (χ0n) is 16.1. The van der Waals surface area contributed by atoms with Crippen LogP contribution in [0.25, 0.3) is 10.9 Å². The Morgan fingerprint density at radius 1 is 1.15 bits per heavy atom. The lowest BCUT2D eigenvalue weighted by Gasteiger charge is -2.18. The van der Waals surface area contributed by atoms with Gasteiger partial charge in [-0.25, -0.2) is 0 Å². The third kappa shape index (κ3) is 2.54. The number of pyridine rings is 1. The maximum atomic E-state index is 13.0. The van der Waals surface area contributed by atoms with E-state index in [2.05, 4.69) is 38.7 Å². The zero-order valence-corrected chi connectivity index (χ0v) is 16.1. The van der Waals surface area contributed by atoms with E-state index >= 15 is 0 Å². The first-order valence-electron chi connectivity index (χ1n) is 9.53. The summed E-state index contributed by atoms with van der Waals surface area (Å²) in [5.41, 5.74) is 2.25. The Kier molecular flexibility index (Phi) is 3.88. The van der Waals surface area contributed by atoms with Gasteiger partial charge in [0.15, 0.2) is 0 Å². The summed E-state index contributed by atoms with van der Waals surface area (Å²) in [5, 5.41) is 11.7. The quantitative estimate of drug-likeness (QED) is 0.922. The van der Waals surface area contributed by atoms with Crippen molar-refractivity contribution in [3.8, 4) is 0 Å². The van der Waals surface area contributed by atoms with Crippen LogP contribution in [0.1, 0.15) is 33.3 Å². The van der Waals surface area contributed by atoms with E-state index in [1.807, 2.05) is 35.4 Å². The smallest absolute Gasteiger partial charge is 0.226 e. The highest BCUT2D eigenvalue weighted by Crippen LogP contribution is 2.68. The molecule has 0 radical (unpaired) electrons. The third-order valence-corrected chi connectivity index (χ3v) is 7.21. The van der Waals surface area contributed by atoms with Crippen molar-refractivity contribution in [3.05, 3.63) is 42.1 Å². The van der Waals surface area contributed by atoms with Crippen LogP contribution < -0.4 is 0 Å². The van der Waals surface area contributed by atoms with Crippen LogP contribution in [0.4, 0.5) is 0 Å². The SMILES string of the molecule is CC1(C)C(C(=O)N2C[C@@H](Cc3ccnc4ccccc34)[C@@H](O)C2)C1(C)C. The van der Waals surface area contributed by atoms with Crippen LogP contribution in [0, 0.1) is 22.7 Å². The number of hydrogen-bond acceptors (Lipinski definition) is 3. The van der Waals surface area contributed by atoms with E-state index < -0.39 is 6.10 Å². The molecule has 4 rings (SSSR count). The molecule has 1 saturated carbocycles. The predicted molar refractivity (Wildman–Crippen MR) is 103 cm³/mol. The fraction of sp³-hybridized carbons (Fsp3) is 0.545. The standard InChI is InChI=1S/C22H28N2O2/c1-21(2)19(22(21,3)4)20(26)24-12-15(18(25)13-24)11-14-9-10-23-17-8-6-5-7-16(14)17/h5-10,15,18-19,25H,11-13H2,1-4H3/t15-,18+/m1/s1. The molecule has 0 bridgehead atoms. The average molecular weight is 352 g/mol. The number of aromatic nitrogens is 1. The normalized spacial score (nSPS) is 27.0. The largest absolute Gasteiger partial charge is 0.391 e. The lowest BCUT2D eigenvalue weighted by molar-refractivity contribution is -0.133. The number of hydrogen-bond donors (Lipinski definition) is 1. The van der Waals surface area contributed by atoms with Crippen LogP contribution in [0.2, 0.25) is 0 Å². The predicted octanol–water partition coefficient (Wildman–Crippen LogP) is 3.28. The number of para-hydroxylation sites is 1. The lowest BCUT2D eigenvalue weighted by Crippen LogP contribution is -2.32. The van der Waals surface area contributed by atoms with Gasteiger partial charge in [0.25, 0.3) is 0 Å². The zero-order chi connectivity index (χ0) is 18.7. The van der Waals surface area contributed by atoms with E-state index in [0.717, 1.165) is 17.3 Å². The molecule has 1 aromatic heterocycles. The van der Waals surface area contributed by atoms with Crippen molar-refractivity contribution in [1.82, 2.24) is 9.88 Å². The summed E-state index contributed by atoms with van der Waals surface area (Å²) in [4.78, 5) is 19.3. The average Bonchev–Trinajstić information content (AvgIpc) is 2.85. The highest BCUT2D eigenvalue weighted by molar-refractivity contribution is 5.85. The summed E-state index contributed by atoms with van der Waals surface area (Å²) in [5.74, 6) is 0.346. The maximum absolute atomic E-state index is 13.0. The fourth-order valence-electron chi connectivity index (χ4n) is 4.85. The highest BCUT2D eigenvalue weighted by atomic mass is 16.3. The second-order valence-corrected chi connectivity index (χ2v) is 9.14. The molecular formula is C22H28N2O2. The number of β-amino-alcohol motifs (C(OH)–C–C–N with tert-alkyl or cyclic N) is 1. The van der Waals surface area contributed by atoms with E-state index in [4.69, 9.17) is 0 Å². The first-order valence-corrected chi connectivity index (χ1v) is 9.53. The van der Waals surface area contributed by atoms with E-state index in [9.17, 15) is 9.90 Å². The van der Waals surface area contributed by atoms with Crippen LogP contribution in [0.15, 0.2) is 36.5 Å². The molecule has 2 aliphatic rings. The summed E-state index contributed by atoms with van der Waals surface area (Å²) in [6.45, 7) is 9.77. The molecule has 26 heavy (non-hydrogen) atoms. The fourth-order valence-corrected chi connectivity index (χ4v) is 4.85. The molecule has 4 nitrogen and oxygen atoms in total. The molecular weight excluding hydrogens is 324 g/mol. The summed E-state index contributed by atoms with van der Waals surface area (Å²) in [6, 6.07) is 10.1. The van der Waals surface area contributed by atoms with Crippen LogP contribution >= 0.6 is 0 Å².